The fourth-order valence-electron chi connectivity index (χ4n) is 1.06. The number of amides is 1. The number of carbonyl (C=O) groups excluding carboxylic acids is 1. The molecule has 0 aliphatic rings. The van der Waals surface area contributed by atoms with E-state index in [1.807, 2.05) is 0 Å². The Bertz CT molecular complexity index is 466. The Morgan fingerprint density at radius 2 is 2.29 bits per heavy atom. The molecule has 1 aromatic rings. The van der Waals surface area contributed by atoms with Gasteiger partial charge in [0.2, 0.25) is 15.9 Å². The first-order chi connectivity index (χ1) is 8.06. The molecular weight excluding hydrogens is 260 g/mol. The van der Waals surface area contributed by atoms with Gasteiger partial charge in [0.1, 0.15) is 4.21 Å². The van der Waals surface area contributed by atoms with E-state index in [-0.39, 0.29) is 23.1 Å². The molecule has 0 aliphatic heterocycles. The summed E-state index contributed by atoms with van der Waals surface area (Å²) in [6.07, 6.45) is 1.67. The topological polar surface area (TPSA) is 75.3 Å². The third-order valence-corrected chi connectivity index (χ3v) is 4.71. The third kappa shape index (κ3) is 4.68. The van der Waals surface area contributed by atoms with Gasteiger partial charge in [-0.15, -0.1) is 17.9 Å². The number of carbonyl (C=O) groups is 1. The van der Waals surface area contributed by atoms with Gasteiger partial charge >= 0.3 is 0 Å². The average molecular weight is 274 g/mol. The van der Waals surface area contributed by atoms with Crippen LogP contribution in [0.25, 0.3) is 0 Å². The van der Waals surface area contributed by atoms with Crippen LogP contribution in [0.2, 0.25) is 0 Å². The number of thiophene rings is 1. The number of sulfonamides is 1. The Morgan fingerprint density at radius 1 is 1.53 bits per heavy atom. The van der Waals surface area contributed by atoms with Crippen molar-refractivity contribution < 1.29 is 13.2 Å². The van der Waals surface area contributed by atoms with Crippen LogP contribution >= 0.6 is 11.3 Å². The van der Waals surface area contributed by atoms with E-state index in [4.69, 9.17) is 0 Å². The van der Waals surface area contributed by atoms with Crippen LogP contribution in [0.15, 0.2) is 34.4 Å². The summed E-state index contributed by atoms with van der Waals surface area (Å²) in [5, 5.41) is 4.25. The van der Waals surface area contributed by atoms with Crippen molar-refractivity contribution in [3.05, 3.63) is 30.2 Å². The molecule has 1 amide bonds. The highest BCUT2D eigenvalue weighted by Crippen LogP contribution is 2.14. The van der Waals surface area contributed by atoms with Crippen molar-refractivity contribution in [2.24, 2.45) is 0 Å². The fraction of sp³-hybridized carbons (Fsp3) is 0.300. The minimum Gasteiger partial charge on any atom is -0.353 e. The maximum Gasteiger partial charge on any atom is 0.250 e. The lowest BCUT2D eigenvalue weighted by Crippen LogP contribution is -2.30. The highest BCUT2D eigenvalue weighted by molar-refractivity contribution is 7.91. The van der Waals surface area contributed by atoms with Gasteiger partial charge in [0.15, 0.2) is 0 Å². The molecule has 0 bridgehead atoms. The molecule has 7 heteroatoms. The molecule has 0 spiro atoms. The van der Waals surface area contributed by atoms with Crippen molar-refractivity contribution in [3.63, 3.8) is 0 Å². The molecule has 17 heavy (non-hydrogen) atoms. The zero-order valence-electron chi connectivity index (χ0n) is 9.18. The maximum atomic E-state index is 11.6. The molecule has 1 rings (SSSR count). The summed E-state index contributed by atoms with van der Waals surface area (Å²) in [5.74, 6) is -0.209. The summed E-state index contributed by atoms with van der Waals surface area (Å²) in [6, 6.07) is 3.18. The molecule has 0 saturated carbocycles. The van der Waals surface area contributed by atoms with Crippen LogP contribution in [0.4, 0.5) is 0 Å². The SMILES string of the molecule is C=CCNC(=O)CCNS(=O)(=O)c1cccs1. The maximum absolute atomic E-state index is 11.6. The van der Waals surface area contributed by atoms with Gasteiger partial charge in [-0.3, -0.25) is 4.79 Å². The van der Waals surface area contributed by atoms with E-state index in [0.29, 0.717) is 6.54 Å². The van der Waals surface area contributed by atoms with Crippen molar-refractivity contribution in [2.75, 3.05) is 13.1 Å². The zero-order valence-corrected chi connectivity index (χ0v) is 10.8. The van der Waals surface area contributed by atoms with Crippen molar-refractivity contribution in [1.82, 2.24) is 10.0 Å². The molecule has 0 atom stereocenters. The zero-order chi connectivity index (χ0) is 12.7. The Morgan fingerprint density at radius 3 is 2.88 bits per heavy atom. The Balaban J connectivity index is 2.36. The van der Waals surface area contributed by atoms with E-state index in [1.165, 1.54) is 6.07 Å². The lowest BCUT2D eigenvalue weighted by Gasteiger charge is -2.04. The Labute approximate surface area is 105 Å². The van der Waals surface area contributed by atoms with E-state index < -0.39 is 10.0 Å². The first-order valence-corrected chi connectivity index (χ1v) is 7.33. The summed E-state index contributed by atoms with van der Waals surface area (Å²) < 4.78 is 25.9. The van der Waals surface area contributed by atoms with E-state index in [1.54, 1.807) is 17.5 Å². The highest BCUT2D eigenvalue weighted by Gasteiger charge is 2.14. The lowest BCUT2D eigenvalue weighted by atomic mass is 10.4. The van der Waals surface area contributed by atoms with Crippen LogP contribution in [-0.2, 0) is 14.8 Å². The van der Waals surface area contributed by atoms with Gasteiger partial charge < -0.3 is 5.32 Å². The predicted octanol–water partition coefficient (Wildman–Crippen LogP) is 0.719. The quantitative estimate of drug-likeness (QED) is 0.719. The molecule has 1 aromatic heterocycles. The van der Waals surface area contributed by atoms with E-state index in [9.17, 15) is 13.2 Å². The largest absolute Gasteiger partial charge is 0.353 e. The summed E-state index contributed by atoms with van der Waals surface area (Å²) in [7, 11) is -3.46. The molecule has 1 heterocycles. The van der Waals surface area contributed by atoms with Crippen LogP contribution in [0.1, 0.15) is 6.42 Å². The molecule has 0 fully saturated rings. The van der Waals surface area contributed by atoms with E-state index >= 15 is 0 Å². The standard InChI is InChI=1S/C10H14N2O3S2/c1-2-6-11-9(13)5-7-12-17(14,15)10-4-3-8-16-10/h2-4,8,12H,1,5-7H2,(H,11,13). The number of hydrogen-bond donors (Lipinski definition) is 2. The van der Waals surface area contributed by atoms with Gasteiger partial charge in [0, 0.05) is 19.5 Å². The monoisotopic (exact) mass is 274 g/mol. The molecular formula is C10H14N2O3S2. The summed E-state index contributed by atoms with van der Waals surface area (Å²) >= 11 is 1.14. The molecule has 0 aromatic carbocycles. The summed E-state index contributed by atoms with van der Waals surface area (Å²) in [5.41, 5.74) is 0. The smallest absolute Gasteiger partial charge is 0.250 e. The minimum absolute atomic E-state index is 0.0865. The second-order valence-electron chi connectivity index (χ2n) is 3.17. The van der Waals surface area contributed by atoms with Gasteiger partial charge in [-0.2, -0.15) is 0 Å². The first-order valence-electron chi connectivity index (χ1n) is 4.97. The molecule has 0 aliphatic carbocycles. The summed E-state index contributed by atoms with van der Waals surface area (Å²) in [6.45, 7) is 3.93. The van der Waals surface area contributed by atoms with Crippen molar-refractivity contribution >= 4 is 27.3 Å². The van der Waals surface area contributed by atoms with Crippen molar-refractivity contribution in [2.45, 2.75) is 10.6 Å². The molecule has 5 nitrogen and oxygen atoms in total. The van der Waals surface area contributed by atoms with Crippen LogP contribution in [0, 0.1) is 0 Å². The average Bonchev–Trinajstić information content (AvgIpc) is 2.80. The van der Waals surface area contributed by atoms with Crippen LogP contribution < -0.4 is 10.0 Å². The molecule has 0 unspecified atom stereocenters. The highest BCUT2D eigenvalue weighted by atomic mass is 32.2. The summed E-state index contributed by atoms with van der Waals surface area (Å²) in [4.78, 5) is 11.2. The predicted molar refractivity (Wildman–Crippen MR) is 67.3 cm³/mol. The normalized spacial score (nSPS) is 11.1. The minimum atomic E-state index is -3.46. The molecule has 2 N–H and O–H groups in total. The van der Waals surface area contributed by atoms with Crippen molar-refractivity contribution in [3.8, 4) is 0 Å². The van der Waals surface area contributed by atoms with E-state index in [2.05, 4.69) is 16.6 Å². The van der Waals surface area contributed by atoms with Crippen LogP contribution in [0.3, 0.4) is 0 Å². The second kappa shape index (κ2) is 6.53. The van der Waals surface area contributed by atoms with Crippen LogP contribution in [-0.4, -0.2) is 27.4 Å². The van der Waals surface area contributed by atoms with Gasteiger partial charge in [-0.1, -0.05) is 12.1 Å². The van der Waals surface area contributed by atoms with E-state index in [0.717, 1.165) is 11.3 Å². The lowest BCUT2D eigenvalue weighted by molar-refractivity contribution is -0.120. The van der Waals surface area contributed by atoms with Gasteiger partial charge in [0.05, 0.1) is 0 Å². The fourth-order valence-corrected chi connectivity index (χ4v) is 3.13. The molecule has 0 radical (unpaired) electrons. The Hall–Kier alpha value is -1.18. The number of hydrogen-bond acceptors (Lipinski definition) is 4. The Kier molecular flexibility index (Phi) is 5.33. The van der Waals surface area contributed by atoms with Gasteiger partial charge in [0.25, 0.3) is 0 Å². The van der Waals surface area contributed by atoms with Gasteiger partial charge in [-0.05, 0) is 11.4 Å². The van der Waals surface area contributed by atoms with Crippen LogP contribution in [0.5, 0.6) is 0 Å². The van der Waals surface area contributed by atoms with Gasteiger partial charge in [-0.25, -0.2) is 13.1 Å². The van der Waals surface area contributed by atoms with Crippen molar-refractivity contribution in [1.29, 1.82) is 0 Å². The third-order valence-electron chi connectivity index (χ3n) is 1.85. The molecule has 94 valence electrons. The number of nitrogens with one attached hydrogen (secondary N) is 2. The first kappa shape index (κ1) is 13.9. The number of rotatable bonds is 7. The second-order valence-corrected chi connectivity index (χ2v) is 6.11. The molecule has 0 saturated heterocycles.